The molecule has 32 heavy (non-hydrogen) atoms. The number of aryl methyl sites for hydroxylation is 1. The molecule has 3 aromatic heterocycles. The number of amides is 1. The van der Waals surface area contributed by atoms with Crippen molar-refractivity contribution < 1.29 is 9.53 Å². The van der Waals surface area contributed by atoms with Crippen molar-refractivity contribution in [2.45, 2.75) is 39.5 Å². The fourth-order valence-corrected chi connectivity index (χ4v) is 4.57. The predicted molar refractivity (Wildman–Crippen MR) is 123 cm³/mol. The summed E-state index contributed by atoms with van der Waals surface area (Å²) in [7, 11) is 0. The Bertz CT molecular complexity index is 1360. The molecule has 4 heterocycles. The molecule has 164 valence electrons. The van der Waals surface area contributed by atoms with Crippen molar-refractivity contribution in [3.8, 4) is 0 Å². The average molecular weight is 431 g/mol. The van der Waals surface area contributed by atoms with E-state index in [-0.39, 0.29) is 23.7 Å². The van der Waals surface area contributed by atoms with Gasteiger partial charge in [0.2, 0.25) is 0 Å². The van der Waals surface area contributed by atoms with E-state index < -0.39 is 0 Å². The molecule has 7 heteroatoms. The lowest BCUT2D eigenvalue weighted by molar-refractivity contribution is -0.0588. The first kappa shape index (κ1) is 20.5. The first-order valence-corrected chi connectivity index (χ1v) is 10.9. The van der Waals surface area contributed by atoms with E-state index in [4.69, 9.17) is 9.72 Å². The maximum absolute atomic E-state index is 13.7. The predicted octanol–water partition coefficient (Wildman–Crippen LogP) is 3.26. The van der Waals surface area contributed by atoms with Gasteiger partial charge in [0.1, 0.15) is 17.0 Å². The third-order valence-corrected chi connectivity index (χ3v) is 6.00. The Labute approximate surface area is 185 Å². The lowest BCUT2D eigenvalue weighted by Gasteiger charge is -2.35. The zero-order valence-corrected chi connectivity index (χ0v) is 18.5. The van der Waals surface area contributed by atoms with E-state index >= 15 is 0 Å². The SMILES string of the molecule is Cc1cccn2c(=O)c3cc(C(=O)N4C[C@H](C)O[C@@H](C)C4)n(Cc4ccccc4)c3nc12. The number of pyridine rings is 1. The van der Waals surface area contributed by atoms with Gasteiger partial charge in [-0.15, -0.1) is 0 Å². The molecule has 0 unspecified atom stereocenters. The molecule has 0 radical (unpaired) electrons. The molecule has 1 aromatic carbocycles. The molecule has 2 atom stereocenters. The average Bonchev–Trinajstić information content (AvgIpc) is 3.13. The minimum atomic E-state index is -0.168. The molecule has 0 spiro atoms. The number of hydrogen-bond donors (Lipinski definition) is 0. The van der Waals surface area contributed by atoms with E-state index in [1.54, 1.807) is 16.7 Å². The number of carbonyl (C=O) groups is 1. The minimum Gasteiger partial charge on any atom is -0.372 e. The Balaban J connectivity index is 1.72. The second kappa shape index (κ2) is 7.91. The molecule has 0 bridgehead atoms. The third-order valence-electron chi connectivity index (χ3n) is 6.00. The highest BCUT2D eigenvalue weighted by molar-refractivity contribution is 5.98. The van der Waals surface area contributed by atoms with E-state index in [9.17, 15) is 9.59 Å². The Kier molecular flexibility index (Phi) is 5.06. The van der Waals surface area contributed by atoms with E-state index in [1.165, 1.54) is 0 Å². The van der Waals surface area contributed by atoms with E-state index in [0.717, 1.165) is 11.1 Å². The number of hydrogen-bond acceptors (Lipinski definition) is 4. The molecule has 7 nitrogen and oxygen atoms in total. The topological polar surface area (TPSA) is 68.8 Å². The summed E-state index contributed by atoms with van der Waals surface area (Å²) in [5.74, 6) is -0.105. The highest BCUT2D eigenvalue weighted by Crippen LogP contribution is 2.22. The van der Waals surface area contributed by atoms with Crippen molar-refractivity contribution in [3.63, 3.8) is 0 Å². The number of aromatic nitrogens is 3. The molecule has 1 aliphatic heterocycles. The standard InChI is InChI=1S/C25H26N4O3/c1-16-8-7-11-28-22(16)26-23-20(24(28)30)12-21(29(23)15-19-9-5-4-6-10-19)25(31)27-13-17(2)32-18(3)14-27/h4-12,17-18H,13-15H2,1-3H3/t17-,18-/m0/s1. The van der Waals surface area contributed by atoms with Gasteiger partial charge in [0.25, 0.3) is 11.5 Å². The summed E-state index contributed by atoms with van der Waals surface area (Å²) in [6.45, 7) is 7.36. The second-order valence-electron chi connectivity index (χ2n) is 8.61. The number of nitrogens with zero attached hydrogens (tertiary/aromatic N) is 4. The smallest absolute Gasteiger partial charge is 0.270 e. The van der Waals surface area contributed by atoms with Gasteiger partial charge in [0, 0.05) is 25.8 Å². The summed E-state index contributed by atoms with van der Waals surface area (Å²) >= 11 is 0. The van der Waals surface area contributed by atoms with Crippen LogP contribution in [0.2, 0.25) is 0 Å². The summed E-state index contributed by atoms with van der Waals surface area (Å²) in [4.78, 5) is 33.6. The number of carbonyl (C=O) groups excluding carboxylic acids is 1. The van der Waals surface area contributed by atoms with Crippen LogP contribution >= 0.6 is 0 Å². The highest BCUT2D eigenvalue weighted by Gasteiger charge is 2.30. The molecule has 4 aromatic rings. The normalized spacial score (nSPS) is 19.0. The first-order chi connectivity index (χ1) is 15.4. The van der Waals surface area contributed by atoms with Gasteiger partial charge in [-0.05, 0) is 44.0 Å². The number of ether oxygens (including phenoxy) is 1. The molecular weight excluding hydrogens is 404 g/mol. The molecular formula is C25H26N4O3. The van der Waals surface area contributed by atoms with Crippen LogP contribution < -0.4 is 5.56 Å². The van der Waals surface area contributed by atoms with Gasteiger partial charge >= 0.3 is 0 Å². The van der Waals surface area contributed by atoms with Crippen LogP contribution in [0.1, 0.15) is 35.5 Å². The van der Waals surface area contributed by atoms with Crippen LogP contribution in [0.4, 0.5) is 0 Å². The third kappa shape index (κ3) is 3.48. The zero-order valence-electron chi connectivity index (χ0n) is 18.5. The quantitative estimate of drug-likeness (QED) is 0.500. The summed E-state index contributed by atoms with van der Waals surface area (Å²) < 4.78 is 9.24. The molecule has 1 saturated heterocycles. The number of morpholine rings is 1. The van der Waals surface area contributed by atoms with Gasteiger partial charge < -0.3 is 14.2 Å². The Hall–Kier alpha value is -3.45. The summed E-state index contributed by atoms with van der Waals surface area (Å²) in [6, 6.07) is 15.4. The monoisotopic (exact) mass is 430 g/mol. The van der Waals surface area contributed by atoms with E-state index in [1.807, 2.05) is 72.7 Å². The molecule has 0 N–H and O–H groups in total. The lowest BCUT2D eigenvalue weighted by atomic mass is 10.2. The Morgan fingerprint density at radius 1 is 1.06 bits per heavy atom. The Morgan fingerprint density at radius 2 is 1.78 bits per heavy atom. The van der Waals surface area contributed by atoms with Crippen molar-refractivity contribution in [2.24, 2.45) is 0 Å². The molecule has 1 fully saturated rings. The van der Waals surface area contributed by atoms with Crippen molar-refractivity contribution in [1.29, 1.82) is 0 Å². The van der Waals surface area contributed by atoms with E-state index in [2.05, 4.69) is 0 Å². The lowest BCUT2D eigenvalue weighted by Crippen LogP contribution is -2.48. The van der Waals surface area contributed by atoms with Gasteiger partial charge in [-0.1, -0.05) is 36.4 Å². The second-order valence-corrected chi connectivity index (χ2v) is 8.61. The van der Waals surface area contributed by atoms with Crippen molar-refractivity contribution in [1.82, 2.24) is 18.9 Å². The number of rotatable bonds is 3. The van der Waals surface area contributed by atoms with Gasteiger partial charge in [0.05, 0.1) is 17.6 Å². The maximum Gasteiger partial charge on any atom is 0.270 e. The maximum atomic E-state index is 13.7. The van der Waals surface area contributed by atoms with Crippen molar-refractivity contribution in [2.75, 3.05) is 13.1 Å². The highest BCUT2D eigenvalue weighted by atomic mass is 16.5. The Morgan fingerprint density at radius 3 is 2.50 bits per heavy atom. The van der Waals surface area contributed by atoms with Crippen LogP contribution in [-0.4, -0.2) is 50.1 Å². The van der Waals surface area contributed by atoms with Crippen LogP contribution in [0.25, 0.3) is 16.7 Å². The zero-order chi connectivity index (χ0) is 22.4. The fourth-order valence-electron chi connectivity index (χ4n) is 4.57. The number of fused-ring (bicyclic) bond motifs is 2. The van der Waals surface area contributed by atoms with Crippen LogP contribution in [0.3, 0.4) is 0 Å². The fraction of sp³-hybridized carbons (Fsp3) is 0.320. The minimum absolute atomic E-state index is 0.0383. The summed E-state index contributed by atoms with van der Waals surface area (Å²) in [5.41, 5.74) is 3.38. The van der Waals surface area contributed by atoms with Crippen LogP contribution in [-0.2, 0) is 11.3 Å². The van der Waals surface area contributed by atoms with Gasteiger partial charge in [-0.3, -0.25) is 14.0 Å². The van der Waals surface area contributed by atoms with Crippen LogP contribution in [0.5, 0.6) is 0 Å². The van der Waals surface area contributed by atoms with Gasteiger partial charge in [-0.25, -0.2) is 4.98 Å². The van der Waals surface area contributed by atoms with E-state index in [0.29, 0.717) is 42.0 Å². The summed E-state index contributed by atoms with van der Waals surface area (Å²) in [5, 5.41) is 0.446. The van der Waals surface area contributed by atoms with Crippen molar-refractivity contribution >= 4 is 22.6 Å². The largest absolute Gasteiger partial charge is 0.372 e. The molecule has 1 amide bonds. The number of benzene rings is 1. The van der Waals surface area contributed by atoms with Gasteiger partial charge in [-0.2, -0.15) is 0 Å². The first-order valence-electron chi connectivity index (χ1n) is 10.9. The van der Waals surface area contributed by atoms with Crippen LogP contribution in [0, 0.1) is 6.92 Å². The summed E-state index contributed by atoms with van der Waals surface area (Å²) in [6.07, 6.45) is 1.64. The van der Waals surface area contributed by atoms with Gasteiger partial charge in [0.15, 0.2) is 0 Å². The molecule has 0 saturated carbocycles. The molecule has 5 rings (SSSR count). The molecule has 1 aliphatic rings. The van der Waals surface area contributed by atoms with Crippen molar-refractivity contribution in [3.05, 3.63) is 81.9 Å². The van der Waals surface area contributed by atoms with Crippen LogP contribution in [0.15, 0.2) is 59.5 Å². The molecule has 0 aliphatic carbocycles.